The van der Waals surface area contributed by atoms with Crippen LogP contribution in [0.5, 0.6) is 0 Å². The van der Waals surface area contributed by atoms with Crippen LogP contribution in [0.1, 0.15) is 17.4 Å². The predicted octanol–water partition coefficient (Wildman–Crippen LogP) is 3.44. The van der Waals surface area contributed by atoms with E-state index in [0.29, 0.717) is 24.8 Å². The largest absolute Gasteiger partial charge is 0.339 e. The van der Waals surface area contributed by atoms with Crippen LogP contribution in [0, 0.1) is 0 Å². The number of carbonyl (C=O) groups excluding carboxylic acids is 1. The Kier molecular flexibility index (Phi) is 3.96. The minimum absolute atomic E-state index is 0.00750. The van der Waals surface area contributed by atoms with Crippen LogP contribution in [0.4, 0.5) is 0 Å². The van der Waals surface area contributed by atoms with E-state index >= 15 is 0 Å². The second-order valence-corrected chi connectivity index (χ2v) is 6.57. The average molecular weight is 337 g/mol. The fourth-order valence-corrected chi connectivity index (χ4v) is 3.21. The summed E-state index contributed by atoms with van der Waals surface area (Å²) in [6.45, 7) is 1.23. The van der Waals surface area contributed by atoms with Crippen LogP contribution in [0.15, 0.2) is 58.4 Å². The van der Waals surface area contributed by atoms with E-state index < -0.39 is 0 Å². The molecule has 0 saturated carbocycles. The maximum Gasteiger partial charge on any atom is 0.246 e. The van der Waals surface area contributed by atoms with Gasteiger partial charge in [-0.25, -0.2) is 0 Å². The summed E-state index contributed by atoms with van der Waals surface area (Å²) >= 11 is 1.58. The summed E-state index contributed by atoms with van der Waals surface area (Å²) in [7, 11) is 0. The lowest BCUT2D eigenvalue weighted by Crippen LogP contribution is -2.47. The Labute approximate surface area is 143 Å². The van der Waals surface area contributed by atoms with Crippen molar-refractivity contribution in [1.82, 2.24) is 15.0 Å². The lowest BCUT2D eigenvalue weighted by atomic mass is 10.00. The van der Waals surface area contributed by atoms with Gasteiger partial charge in [0.2, 0.25) is 17.6 Å². The standard InChI is InChI=1S/C18H15N3O2S/c22-16(9-8-13-5-2-1-3-6-13)21-11-14(12-21)18-19-17(20-23-18)15-7-4-10-24-15/h1-10,14H,11-12H2. The summed E-state index contributed by atoms with van der Waals surface area (Å²) in [6.07, 6.45) is 3.44. The van der Waals surface area contributed by atoms with E-state index in [1.54, 1.807) is 22.3 Å². The molecule has 1 amide bonds. The maximum atomic E-state index is 12.1. The smallest absolute Gasteiger partial charge is 0.246 e. The average Bonchev–Trinajstić information content (AvgIpc) is 3.24. The highest BCUT2D eigenvalue weighted by atomic mass is 32.1. The van der Waals surface area contributed by atoms with E-state index in [1.807, 2.05) is 53.9 Å². The van der Waals surface area contributed by atoms with Crippen molar-refractivity contribution in [3.63, 3.8) is 0 Å². The van der Waals surface area contributed by atoms with Crippen LogP contribution in [-0.4, -0.2) is 34.0 Å². The molecule has 0 unspecified atom stereocenters. The molecule has 120 valence electrons. The van der Waals surface area contributed by atoms with Crippen LogP contribution in [0.2, 0.25) is 0 Å². The van der Waals surface area contributed by atoms with Crippen molar-refractivity contribution >= 4 is 23.3 Å². The van der Waals surface area contributed by atoms with E-state index in [2.05, 4.69) is 10.1 Å². The van der Waals surface area contributed by atoms with Gasteiger partial charge < -0.3 is 9.42 Å². The van der Waals surface area contributed by atoms with Crippen molar-refractivity contribution in [3.05, 3.63) is 65.4 Å². The molecule has 2 aromatic heterocycles. The van der Waals surface area contributed by atoms with Crippen LogP contribution < -0.4 is 0 Å². The summed E-state index contributed by atoms with van der Waals surface area (Å²) in [5.74, 6) is 1.36. The minimum atomic E-state index is 0.00750. The minimum Gasteiger partial charge on any atom is -0.339 e. The number of carbonyl (C=O) groups is 1. The quantitative estimate of drug-likeness (QED) is 0.684. The summed E-state index contributed by atoms with van der Waals surface area (Å²) < 4.78 is 5.34. The summed E-state index contributed by atoms with van der Waals surface area (Å²) in [4.78, 5) is 19.3. The second-order valence-electron chi connectivity index (χ2n) is 5.62. The number of aromatic nitrogens is 2. The molecule has 0 spiro atoms. The number of thiophene rings is 1. The first-order valence-electron chi connectivity index (χ1n) is 7.69. The molecular weight excluding hydrogens is 322 g/mol. The normalized spacial score (nSPS) is 14.9. The molecule has 3 heterocycles. The zero-order valence-electron chi connectivity index (χ0n) is 12.8. The number of benzene rings is 1. The van der Waals surface area contributed by atoms with Crippen molar-refractivity contribution in [1.29, 1.82) is 0 Å². The highest BCUT2D eigenvalue weighted by Crippen LogP contribution is 2.29. The third kappa shape index (κ3) is 3.00. The Morgan fingerprint density at radius 3 is 2.79 bits per heavy atom. The van der Waals surface area contributed by atoms with Gasteiger partial charge in [0.05, 0.1) is 10.8 Å². The first-order chi connectivity index (χ1) is 11.8. The van der Waals surface area contributed by atoms with Crippen LogP contribution in [-0.2, 0) is 4.79 Å². The molecule has 0 N–H and O–H groups in total. The Bertz CT molecular complexity index is 850. The van der Waals surface area contributed by atoms with Gasteiger partial charge in [-0.05, 0) is 23.1 Å². The molecule has 4 rings (SSSR count). The van der Waals surface area contributed by atoms with Gasteiger partial charge in [0.1, 0.15) is 0 Å². The van der Waals surface area contributed by atoms with Gasteiger partial charge in [0.15, 0.2) is 0 Å². The monoisotopic (exact) mass is 337 g/mol. The molecule has 1 aliphatic heterocycles. The Hall–Kier alpha value is -2.73. The van der Waals surface area contributed by atoms with Crippen LogP contribution in [0.3, 0.4) is 0 Å². The van der Waals surface area contributed by atoms with Crippen molar-refractivity contribution in [2.75, 3.05) is 13.1 Å². The number of nitrogens with zero attached hydrogens (tertiary/aromatic N) is 3. The molecule has 24 heavy (non-hydrogen) atoms. The van der Waals surface area contributed by atoms with E-state index in [9.17, 15) is 4.79 Å². The van der Waals surface area contributed by atoms with Gasteiger partial charge in [0.25, 0.3) is 0 Å². The molecule has 0 aliphatic carbocycles. The van der Waals surface area contributed by atoms with Crippen molar-refractivity contribution in [2.24, 2.45) is 0 Å². The first-order valence-corrected chi connectivity index (χ1v) is 8.57. The topological polar surface area (TPSA) is 59.2 Å². The Morgan fingerprint density at radius 1 is 1.21 bits per heavy atom. The van der Waals surface area contributed by atoms with Crippen molar-refractivity contribution in [3.8, 4) is 10.7 Å². The lowest BCUT2D eigenvalue weighted by molar-refractivity contribution is -0.130. The molecule has 0 atom stereocenters. The third-order valence-corrected chi connectivity index (χ3v) is 4.81. The highest BCUT2D eigenvalue weighted by Gasteiger charge is 2.34. The second kappa shape index (κ2) is 6.41. The lowest BCUT2D eigenvalue weighted by Gasteiger charge is -2.36. The summed E-state index contributed by atoms with van der Waals surface area (Å²) in [6, 6.07) is 13.7. The van der Waals surface area contributed by atoms with Crippen LogP contribution >= 0.6 is 11.3 Å². The SMILES string of the molecule is O=C(C=Cc1ccccc1)N1CC(c2nc(-c3cccs3)no2)C1. The van der Waals surface area contributed by atoms with Gasteiger partial charge in [-0.1, -0.05) is 41.6 Å². The Balaban J connectivity index is 1.35. The van der Waals surface area contributed by atoms with Gasteiger partial charge in [-0.3, -0.25) is 4.79 Å². The van der Waals surface area contributed by atoms with Gasteiger partial charge >= 0.3 is 0 Å². The van der Waals surface area contributed by atoms with E-state index in [0.717, 1.165) is 10.4 Å². The molecule has 1 aromatic carbocycles. The number of rotatable bonds is 4. The number of hydrogen-bond acceptors (Lipinski definition) is 5. The molecular formula is C18H15N3O2S. The van der Waals surface area contributed by atoms with E-state index in [-0.39, 0.29) is 11.8 Å². The molecule has 3 aromatic rings. The van der Waals surface area contributed by atoms with Gasteiger partial charge in [0, 0.05) is 19.2 Å². The molecule has 1 fully saturated rings. The molecule has 0 radical (unpaired) electrons. The number of likely N-dealkylation sites (tertiary alicyclic amines) is 1. The third-order valence-electron chi connectivity index (χ3n) is 3.94. The zero-order chi connectivity index (χ0) is 16.4. The zero-order valence-corrected chi connectivity index (χ0v) is 13.6. The van der Waals surface area contributed by atoms with Gasteiger partial charge in [-0.2, -0.15) is 4.98 Å². The van der Waals surface area contributed by atoms with E-state index in [1.165, 1.54) is 0 Å². The number of hydrogen-bond donors (Lipinski definition) is 0. The van der Waals surface area contributed by atoms with Gasteiger partial charge in [-0.15, -0.1) is 11.3 Å². The number of amides is 1. The summed E-state index contributed by atoms with van der Waals surface area (Å²) in [5, 5.41) is 5.99. The van der Waals surface area contributed by atoms with Crippen molar-refractivity contribution < 1.29 is 9.32 Å². The van der Waals surface area contributed by atoms with Crippen molar-refractivity contribution in [2.45, 2.75) is 5.92 Å². The molecule has 6 heteroatoms. The summed E-state index contributed by atoms with van der Waals surface area (Å²) in [5.41, 5.74) is 1.01. The fraction of sp³-hybridized carbons (Fsp3) is 0.167. The first kappa shape index (κ1) is 14.8. The molecule has 1 saturated heterocycles. The van der Waals surface area contributed by atoms with Crippen LogP contribution in [0.25, 0.3) is 16.8 Å². The fourth-order valence-electron chi connectivity index (χ4n) is 2.56. The molecule has 1 aliphatic rings. The maximum absolute atomic E-state index is 12.1. The highest BCUT2D eigenvalue weighted by molar-refractivity contribution is 7.13. The molecule has 5 nitrogen and oxygen atoms in total. The molecule has 0 bridgehead atoms. The Morgan fingerprint density at radius 2 is 2.04 bits per heavy atom. The van der Waals surface area contributed by atoms with E-state index in [4.69, 9.17) is 4.52 Å². The predicted molar refractivity (Wildman–Crippen MR) is 92.4 cm³/mol.